The number of hydrogen-bond donors (Lipinski definition) is 0. The lowest BCUT2D eigenvalue weighted by Crippen LogP contribution is -2.37. The zero-order chi connectivity index (χ0) is 15.8. The molecule has 0 unspecified atom stereocenters. The maximum atomic E-state index is 12.7. The SMILES string of the molecule is COc1ccc2c(c1)C[C@H]1CC[C@H]3CC(=O)[C@@]4(C)CC[C@H]2C1=C34. The molecule has 2 heteroatoms. The highest BCUT2D eigenvalue weighted by Gasteiger charge is 2.55. The number of allylic oxidation sites excluding steroid dienone is 2. The van der Waals surface area contributed by atoms with Gasteiger partial charge in [0.05, 0.1) is 7.11 Å². The van der Waals surface area contributed by atoms with Crippen LogP contribution in [0.15, 0.2) is 29.3 Å². The number of ether oxygens (including phenoxy) is 1. The van der Waals surface area contributed by atoms with Crippen LogP contribution >= 0.6 is 0 Å². The largest absolute Gasteiger partial charge is 0.497 e. The number of benzene rings is 1. The van der Waals surface area contributed by atoms with E-state index < -0.39 is 0 Å². The molecule has 4 aliphatic carbocycles. The summed E-state index contributed by atoms with van der Waals surface area (Å²) in [5.74, 6) is 3.28. The predicted molar refractivity (Wildman–Crippen MR) is 89.6 cm³/mol. The predicted octanol–water partition coefficient (Wildman–Crippen LogP) is 4.43. The molecule has 0 amide bonds. The molecular weight excluding hydrogens is 284 g/mol. The summed E-state index contributed by atoms with van der Waals surface area (Å²) in [7, 11) is 1.75. The standard InChI is InChI=1S/C21H24O2/c1-21-8-7-17-16-6-5-15(23-2)10-14(16)9-12-3-4-13(11-18(21)22)20(21)19(12)17/h5-6,10,12-13,17H,3-4,7-9,11H2,1-2H3/t12-,13+,17-,21-/m1/s1. The fourth-order valence-electron chi connectivity index (χ4n) is 6.09. The van der Waals surface area contributed by atoms with Crippen molar-refractivity contribution in [3.05, 3.63) is 40.5 Å². The van der Waals surface area contributed by atoms with E-state index in [1.165, 1.54) is 24.0 Å². The Hall–Kier alpha value is -1.57. The highest BCUT2D eigenvalue weighted by atomic mass is 16.5. The molecular formula is C21H24O2. The molecule has 0 spiro atoms. The first-order chi connectivity index (χ1) is 11.1. The van der Waals surface area contributed by atoms with E-state index in [1.54, 1.807) is 18.3 Å². The molecule has 0 N–H and O–H groups in total. The molecule has 1 saturated carbocycles. The number of carbonyl (C=O) groups excluding carboxylic acids is 1. The van der Waals surface area contributed by atoms with Crippen LogP contribution in [-0.2, 0) is 11.2 Å². The number of hydrogen-bond acceptors (Lipinski definition) is 2. The second-order valence-corrected chi connectivity index (χ2v) is 8.16. The monoisotopic (exact) mass is 308 g/mol. The highest BCUT2D eigenvalue weighted by Crippen LogP contribution is 2.62. The Balaban J connectivity index is 1.71. The smallest absolute Gasteiger partial charge is 0.143 e. The van der Waals surface area contributed by atoms with Crippen LogP contribution in [-0.4, -0.2) is 12.9 Å². The van der Waals surface area contributed by atoms with E-state index in [0.717, 1.165) is 31.4 Å². The number of methoxy groups -OCH3 is 1. The number of rotatable bonds is 1. The maximum Gasteiger partial charge on any atom is 0.143 e. The van der Waals surface area contributed by atoms with Crippen molar-refractivity contribution in [1.29, 1.82) is 0 Å². The van der Waals surface area contributed by atoms with Crippen LogP contribution in [0, 0.1) is 17.3 Å². The van der Waals surface area contributed by atoms with Gasteiger partial charge in [-0.3, -0.25) is 4.79 Å². The highest BCUT2D eigenvalue weighted by molar-refractivity contribution is 5.92. The Morgan fingerprint density at radius 3 is 2.78 bits per heavy atom. The van der Waals surface area contributed by atoms with Crippen molar-refractivity contribution in [2.75, 3.05) is 7.11 Å². The average Bonchev–Trinajstić information content (AvgIpc) is 2.83. The average molecular weight is 308 g/mol. The molecule has 0 saturated heterocycles. The van der Waals surface area contributed by atoms with Crippen molar-refractivity contribution in [2.24, 2.45) is 17.3 Å². The minimum atomic E-state index is -0.126. The van der Waals surface area contributed by atoms with Gasteiger partial charge < -0.3 is 4.74 Å². The van der Waals surface area contributed by atoms with Crippen molar-refractivity contribution in [2.45, 2.75) is 51.4 Å². The van der Waals surface area contributed by atoms with Gasteiger partial charge in [-0.05, 0) is 74.1 Å². The molecule has 5 rings (SSSR count). The van der Waals surface area contributed by atoms with Crippen molar-refractivity contribution in [1.82, 2.24) is 0 Å². The zero-order valence-corrected chi connectivity index (χ0v) is 14.0. The maximum absolute atomic E-state index is 12.7. The summed E-state index contributed by atoms with van der Waals surface area (Å²) < 4.78 is 5.44. The summed E-state index contributed by atoms with van der Waals surface area (Å²) in [6, 6.07) is 6.64. The van der Waals surface area contributed by atoms with Gasteiger partial charge in [-0.15, -0.1) is 0 Å². The van der Waals surface area contributed by atoms with E-state index >= 15 is 0 Å². The van der Waals surface area contributed by atoms with Gasteiger partial charge in [-0.2, -0.15) is 0 Å². The van der Waals surface area contributed by atoms with Gasteiger partial charge in [0, 0.05) is 17.8 Å². The molecule has 23 heavy (non-hydrogen) atoms. The zero-order valence-electron chi connectivity index (χ0n) is 14.0. The Labute approximate surface area is 137 Å². The quantitative estimate of drug-likeness (QED) is 0.717. The molecule has 4 aliphatic rings. The van der Waals surface area contributed by atoms with Crippen LogP contribution < -0.4 is 4.74 Å². The van der Waals surface area contributed by atoms with Gasteiger partial charge in [0.15, 0.2) is 0 Å². The fraction of sp³-hybridized carbons (Fsp3) is 0.571. The van der Waals surface area contributed by atoms with Crippen molar-refractivity contribution in [3.63, 3.8) is 0 Å². The van der Waals surface area contributed by atoms with Gasteiger partial charge in [-0.1, -0.05) is 17.2 Å². The molecule has 0 heterocycles. The third kappa shape index (κ3) is 1.67. The van der Waals surface area contributed by atoms with Gasteiger partial charge in [-0.25, -0.2) is 0 Å². The van der Waals surface area contributed by atoms with Crippen LogP contribution in [0.5, 0.6) is 5.75 Å². The fourth-order valence-corrected chi connectivity index (χ4v) is 6.09. The van der Waals surface area contributed by atoms with Crippen molar-refractivity contribution in [3.8, 4) is 5.75 Å². The van der Waals surface area contributed by atoms with Crippen molar-refractivity contribution >= 4 is 5.78 Å². The van der Waals surface area contributed by atoms with E-state index in [1.807, 2.05) is 0 Å². The van der Waals surface area contributed by atoms with Crippen LogP contribution in [0.25, 0.3) is 0 Å². The molecule has 4 atom stereocenters. The topological polar surface area (TPSA) is 26.3 Å². The molecule has 120 valence electrons. The molecule has 1 aromatic rings. The number of fused-ring (bicyclic) bond motifs is 2. The Morgan fingerprint density at radius 2 is 1.96 bits per heavy atom. The Bertz CT molecular complexity index is 744. The van der Waals surface area contributed by atoms with Gasteiger partial charge >= 0.3 is 0 Å². The first-order valence-corrected chi connectivity index (χ1v) is 9.06. The summed E-state index contributed by atoms with van der Waals surface area (Å²) in [5, 5.41) is 0. The van der Waals surface area contributed by atoms with Crippen LogP contribution in [0.3, 0.4) is 0 Å². The van der Waals surface area contributed by atoms with Crippen LogP contribution in [0.4, 0.5) is 0 Å². The summed E-state index contributed by atoms with van der Waals surface area (Å²) in [5.41, 5.74) is 6.12. The molecule has 2 nitrogen and oxygen atoms in total. The molecule has 0 aromatic heterocycles. The second kappa shape index (κ2) is 4.49. The lowest BCUT2D eigenvalue weighted by atomic mass is 9.56. The minimum Gasteiger partial charge on any atom is -0.497 e. The lowest BCUT2D eigenvalue weighted by molar-refractivity contribution is -0.124. The van der Waals surface area contributed by atoms with E-state index in [9.17, 15) is 4.79 Å². The van der Waals surface area contributed by atoms with Gasteiger partial charge in [0.2, 0.25) is 0 Å². The second-order valence-electron chi connectivity index (χ2n) is 8.16. The third-order valence-corrected chi connectivity index (χ3v) is 7.16. The number of Topliss-reactive ketones (excluding diaryl/α,β-unsaturated/α-hetero) is 1. The van der Waals surface area contributed by atoms with E-state index in [0.29, 0.717) is 23.5 Å². The molecule has 1 aromatic carbocycles. The van der Waals surface area contributed by atoms with Gasteiger partial charge in [0.25, 0.3) is 0 Å². The first kappa shape index (κ1) is 13.8. The summed E-state index contributed by atoms with van der Waals surface area (Å²) in [4.78, 5) is 12.7. The number of ketones is 1. The Kier molecular flexibility index (Phi) is 2.70. The minimum absolute atomic E-state index is 0.126. The van der Waals surface area contributed by atoms with E-state index in [4.69, 9.17) is 4.74 Å². The van der Waals surface area contributed by atoms with Gasteiger partial charge in [0.1, 0.15) is 11.5 Å². The normalized spacial score (nSPS) is 37.5. The van der Waals surface area contributed by atoms with Crippen LogP contribution in [0.1, 0.15) is 56.1 Å². The van der Waals surface area contributed by atoms with Crippen molar-refractivity contribution < 1.29 is 9.53 Å². The lowest BCUT2D eigenvalue weighted by Gasteiger charge is -2.47. The summed E-state index contributed by atoms with van der Waals surface area (Å²) in [6.07, 6.45) is 6.62. The Morgan fingerprint density at radius 1 is 1.13 bits per heavy atom. The molecule has 1 fully saturated rings. The van der Waals surface area contributed by atoms with Crippen LogP contribution in [0.2, 0.25) is 0 Å². The third-order valence-electron chi connectivity index (χ3n) is 7.16. The molecule has 0 aliphatic heterocycles. The summed E-state index contributed by atoms with van der Waals surface area (Å²) in [6.45, 7) is 2.24. The molecule has 0 radical (unpaired) electrons. The summed E-state index contributed by atoms with van der Waals surface area (Å²) >= 11 is 0. The van der Waals surface area contributed by atoms with E-state index in [2.05, 4.69) is 25.1 Å². The van der Waals surface area contributed by atoms with E-state index in [-0.39, 0.29) is 5.41 Å². The number of carbonyl (C=O) groups is 1. The first-order valence-electron chi connectivity index (χ1n) is 9.06. The molecule has 0 bridgehead atoms.